The topological polar surface area (TPSA) is 107 Å². The van der Waals surface area contributed by atoms with Gasteiger partial charge in [0.05, 0.1) is 9.82 Å². The molecule has 0 atom stereocenters. The summed E-state index contributed by atoms with van der Waals surface area (Å²) in [5.41, 5.74) is 0.633. The Morgan fingerprint density at radius 2 is 1.96 bits per heavy atom. The molecule has 0 radical (unpaired) electrons. The van der Waals surface area contributed by atoms with Gasteiger partial charge in [-0.3, -0.25) is 10.1 Å². The summed E-state index contributed by atoms with van der Waals surface area (Å²) in [6, 6.07) is 7.55. The van der Waals surface area contributed by atoms with Gasteiger partial charge < -0.3 is 4.90 Å². The quantitative estimate of drug-likeness (QED) is 0.594. The molecule has 0 aliphatic carbocycles. The second-order valence-corrected chi connectivity index (χ2v) is 7.49. The minimum Gasteiger partial charge on any atom is -0.370 e. The zero-order valence-corrected chi connectivity index (χ0v) is 14.8. The van der Waals surface area contributed by atoms with Crippen LogP contribution < -0.4 is 10.0 Å². The van der Waals surface area contributed by atoms with Crippen molar-refractivity contribution in [3.63, 3.8) is 0 Å². The highest BCUT2D eigenvalue weighted by atomic mass is 79.9. The number of anilines is 1. The van der Waals surface area contributed by atoms with Crippen molar-refractivity contribution < 1.29 is 17.7 Å². The molecule has 0 fully saturated rings. The van der Waals surface area contributed by atoms with Crippen molar-refractivity contribution in [1.29, 1.82) is 0 Å². The second kappa shape index (κ2) is 6.83. The number of nitrogens with zero attached hydrogens (tertiary/aromatic N) is 2. The molecule has 0 saturated heterocycles. The highest BCUT2D eigenvalue weighted by molar-refractivity contribution is 9.10. The molecule has 2 aromatic rings. The highest BCUT2D eigenvalue weighted by Crippen LogP contribution is 2.28. The van der Waals surface area contributed by atoms with Gasteiger partial charge in [0.15, 0.2) is 0 Å². The minimum atomic E-state index is -4.09. The van der Waals surface area contributed by atoms with Crippen molar-refractivity contribution in [1.82, 2.24) is 0 Å². The number of nitro benzene ring substituents is 1. The number of sulfonamides is 1. The van der Waals surface area contributed by atoms with Gasteiger partial charge >= 0.3 is 0 Å². The number of benzene rings is 2. The maximum Gasteiger partial charge on any atom is 0.272 e. The molecule has 0 aromatic heterocycles. The van der Waals surface area contributed by atoms with E-state index in [9.17, 15) is 22.9 Å². The van der Waals surface area contributed by atoms with Crippen LogP contribution in [0.1, 0.15) is 5.56 Å². The van der Waals surface area contributed by atoms with Gasteiger partial charge in [-0.15, -0.1) is 0 Å². The number of rotatable bonds is 5. The lowest BCUT2D eigenvalue weighted by molar-refractivity contribution is -0.385. The first-order valence-corrected chi connectivity index (χ1v) is 8.89. The van der Waals surface area contributed by atoms with Gasteiger partial charge in [0.25, 0.3) is 5.69 Å². The van der Waals surface area contributed by atoms with Gasteiger partial charge in [-0.1, -0.05) is 22.0 Å². The fourth-order valence-electron chi connectivity index (χ4n) is 2.05. The summed E-state index contributed by atoms with van der Waals surface area (Å²) in [4.78, 5) is 11.6. The maximum absolute atomic E-state index is 13.1. The Bertz CT molecular complexity index is 905. The summed E-state index contributed by atoms with van der Waals surface area (Å²) in [6.45, 7) is 0.270. The lowest BCUT2D eigenvalue weighted by atomic mass is 10.2. The van der Waals surface area contributed by atoms with E-state index < -0.39 is 20.8 Å². The largest absolute Gasteiger partial charge is 0.370 e. The first kappa shape index (κ1) is 18.3. The lowest BCUT2D eigenvalue weighted by Crippen LogP contribution is -2.19. The number of non-ortho nitro benzene ring substituents is 1. The Kier molecular flexibility index (Phi) is 5.21. The van der Waals surface area contributed by atoms with Crippen LogP contribution in [0.5, 0.6) is 0 Å². The van der Waals surface area contributed by atoms with Crippen LogP contribution in [0.15, 0.2) is 45.8 Å². The summed E-state index contributed by atoms with van der Waals surface area (Å²) in [5.74, 6) is -0.403. The number of halogens is 2. The van der Waals surface area contributed by atoms with Crippen molar-refractivity contribution in [3.05, 3.63) is 62.4 Å². The van der Waals surface area contributed by atoms with Crippen LogP contribution in [0.4, 0.5) is 15.8 Å². The molecule has 7 nitrogen and oxygen atoms in total. The maximum atomic E-state index is 13.1. The van der Waals surface area contributed by atoms with Crippen LogP contribution >= 0.6 is 15.9 Å². The Balaban J connectivity index is 2.43. The molecule has 24 heavy (non-hydrogen) atoms. The molecule has 2 aromatic carbocycles. The van der Waals surface area contributed by atoms with Crippen molar-refractivity contribution in [2.45, 2.75) is 11.4 Å². The Labute approximate surface area is 146 Å². The van der Waals surface area contributed by atoms with Crippen molar-refractivity contribution in [2.75, 3.05) is 11.9 Å². The van der Waals surface area contributed by atoms with E-state index in [1.165, 1.54) is 24.3 Å². The summed E-state index contributed by atoms with van der Waals surface area (Å²) < 4.78 is 36.7. The average molecular weight is 418 g/mol. The van der Waals surface area contributed by atoms with Crippen LogP contribution in [0, 0.1) is 15.9 Å². The zero-order valence-electron chi connectivity index (χ0n) is 12.4. The van der Waals surface area contributed by atoms with Gasteiger partial charge in [-0.25, -0.2) is 17.9 Å². The summed E-state index contributed by atoms with van der Waals surface area (Å²) >= 11 is 3.24. The lowest BCUT2D eigenvalue weighted by Gasteiger charge is -2.20. The fourth-order valence-corrected chi connectivity index (χ4v) is 3.10. The molecule has 0 bridgehead atoms. The number of hydrogen-bond acceptors (Lipinski definition) is 5. The van der Waals surface area contributed by atoms with Crippen LogP contribution in [0.25, 0.3) is 0 Å². The Morgan fingerprint density at radius 3 is 2.50 bits per heavy atom. The van der Waals surface area contributed by atoms with Gasteiger partial charge in [0.1, 0.15) is 5.82 Å². The number of nitrogens with two attached hydrogens (primary N) is 1. The average Bonchev–Trinajstić information content (AvgIpc) is 2.48. The molecule has 128 valence electrons. The van der Waals surface area contributed by atoms with Gasteiger partial charge in [-0.05, 0) is 23.8 Å². The zero-order chi connectivity index (χ0) is 18.1. The van der Waals surface area contributed by atoms with Crippen molar-refractivity contribution in [3.8, 4) is 0 Å². The van der Waals surface area contributed by atoms with E-state index >= 15 is 0 Å². The first-order chi connectivity index (χ1) is 11.1. The third-order valence-electron chi connectivity index (χ3n) is 3.28. The van der Waals surface area contributed by atoms with E-state index in [-0.39, 0.29) is 17.1 Å². The van der Waals surface area contributed by atoms with Crippen molar-refractivity contribution >= 4 is 37.3 Å². The third kappa shape index (κ3) is 4.28. The molecule has 0 aliphatic rings. The Morgan fingerprint density at radius 1 is 1.29 bits per heavy atom. The molecule has 0 amide bonds. The predicted molar refractivity (Wildman–Crippen MR) is 90.7 cm³/mol. The first-order valence-electron chi connectivity index (χ1n) is 6.55. The number of nitro groups is 1. The smallest absolute Gasteiger partial charge is 0.272 e. The van der Waals surface area contributed by atoms with Crippen LogP contribution in [0.3, 0.4) is 0 Å². The van der Waals surface area contributed by atoms with E-state index in [0.29, 0.717) is 10.2 Å². The molecule has 10 heteroatoms. The van der Waals surface area contributed by atoms with Crippen LogP contribution in [0.2, 0.25) is 0 Å². The molecular weight excluding hydrogens is 405 g/mol. The SMILES string of the molecule is CN(Cc1ccc(F)cc1Br)c1cc([N+](=O)[O-])cc(S(N)(=O)=O)c1. The second-order valence-electron chi connectivity index (χ2n) is 5.08. The monoisotopic (exact) mass is 417 g/mol. The standard InChI is InChI=1S/C14H13BrFN3O4S/c1-18(8-9-2-3-10(16)4-14(9)15)11-5-12(19(20)21)7-13(6-11)24(17,22)23/h2-7H,8H2,1H3,(H2,17,22,23). The minimum absolute atomic E-state index is 0.270. The number of primary sulfonamides is 1. The van der Waals surface area contributed by atoms with E-state index in [1.807, 2.05) is 0 Å². The predicted octanol–water partition coefficient (Wildman–Crippen LogP) is 2.78. The summed E-state index contributed by atoms with van der Waals surface area (Å²) in [7, 11) is -2.46. The van der Waals surface area contributed by atoms with Crippen LogP contribution in [-0.2, 0) is 16.6 Å². The van der Waals surface area contributed by atoms with E-state index in [2.05, 4.69) is 15.9 Å². The normalized spacial score (nSPS) is 11.3. The Hall–Kier alpha value is -2.04. The van der Waals surface area contributed by atoms with Crippen molar-refractivity contribution in [2.24, 2.45) is 5.14 Å². The van der Waals surface area contributed by atoms with E-state index in [4.69, 9.17) is 5.14 Å². The molecule has 0 aliphatic heterocycles. The third-order valence-corrected chi connectivity index (χ3v) is 4.91. The molecule has 0 spiro atoms. The summed E-state index contributed by atoms with van der Waals surface area (Å²) in [6.07, 6.45) is 0. The van der Waals surface area contributed by atoms with Gasteiger partial charge in [-0.2, -0.15) is 0 Å². The van der Waals surface area contributed by atoms with E-state index in [1.54, 1.807) is 18.0 Å². The molecule has 0 unspecified atom stereocenters. The highest BCUT2D eigenvalue weighted by Gasteiger charge is 2.18. The number of hydrogen-bond donors (Lipinski definition) is 1. The van der Waals surface area contributed by atoms with Gasteiger partial charge in [0.2, 0.25) is 10.0 Å². The van der Waals surface area contributed by atoms with E-state index in [0.717, 1.165) is 11.6 Å². The molecule has 0 saturated carbocycles. The molecular formula is C14H13BrFN3O4S. The molecule has 0 heterocycles. The molecule has 2 N–H and O–H groups in total. The van der Waals surface area contributed by atoms with Crippen LogP contribution in [-0.4, -0.2) is 20.4 Å². The summed E-state index contributed by atoms with van der Waals surface area (Å²) in [5, 5.41) is 16.1. The fraction of sp³-hybridized carbons (Fsp3) is 0.143. The molecule has 2 rings (SSSR count). The van der Waals surface area contributed by atoms with Gasteiger partial charge in [0, 0.05) is 35.9 Å².